The van der Waals surface area contributed by atoms with Crippen molar-refractivity contribution in [2.24, 2.45) is 0 Å². The number of nitrogens with zero attached hydrogens (tertiary/aromatic N) is 1. The minimum atomic E-state index is -2.94. The molecular weight excluding hydrogens is 394 g/mol. The summed E-state index contributed by atoms with van der Waals surface area (Å²) in [6.45, 7) is 1.08. The van der Waals surface area contributed by atoms with Crippen molar-refractivity contribution in [1.29, 1.82) is 0 Å². The summed E-state index contributed by atoms with van der Waals surface area (Å²) in [4.78, 5) is 38.8. The zero-order valence-electron chi connectivity index (χ0n) is 16.7. The van der Waals surface area contributed by atoms with Gasteiger partial charge in [-0.05, 0) is 49.2 Å². The van der Waals surface area contributed by atoms with Gasteiger partial charge in [0.2, 0.25) is 0 Å². The molecule has 2 aromatic rings. The number of carbonyl (C=O) groups is 3. The second kappa shape index (κ2) is 9.02. The molecule has 1 unspecified atom stereocenters. The Morgan fingerprint density at radius 3 is 2.53 bits per heavy atom. The van der Waals surface area contributed by atoms with Gasteiger partial charge in [0.25, 0.3) is 17.7 Å². The molecule has 0 saturated carbocycles. The molecule has 0 aromatic heterocycles. The molecule has 1 N–H and O–H groups in total. The van der Waals surface area contributed by atoms with Crippen molar-refractivity contribution in [2.75, 3.05) is 6.54 Å². The second-order valence-corrected chi connectivity index (χ2v) is 7.02. The van der Waals surface area contributed by atoms with Crippen molar-refractivity contribution >= 4 is 17.7 Å². The molecule has 0 fully saturated rings. The van der Waals surface area contributed by atoms with Gasteiger partial charge in [-0.15, -0.1) is 0 Å². The summed E-state index contributed by atoms with van der Waals surface area (Å²) in [5, 5.41) is 2.76. The molecule has 3 rings (SSSR count). The molecular formula is C22H22F2N2O4. The van der Waals surface area contributed by atoms with E-state index in [9.17, 15) is 23.2 Å². The summed E-state index contributed by atoms with van der Waals surface area (Å²) >= 11 is 0. The van der Waals surface area contributed by atoms with Crippen LogP contribution in [0.2, 0.25) is 0 Å². The van der Waals surface area contributed by atoms with E-state index in [0.29, 0.717) is 18.5 Å². The van der Waals surface area contributed by atoms with Gasteiger partial charge in [0.05, 0.1) is 17.2 Å². The zero-order valence-corrected chi connectivity index (χ0v) is 16.7. The SMILES string of the molecule is CCCCN1C(=O)c2ccc(C(=O)NC(C)c3cccc(OC(F)F)c3)cc2C1=O. The number of rotatable bonds is 8. The highest BCUT2D eigenvalue weighted by Crippen LogP contribution is 2.25. The van der Waals surface area contributed by atoms with E-state index in [4.69, 9.17) is 0 Å². The molecule has 6 nitrogen and oxygen atoms in total. The number of halogens is 2. The highest BCUT2D eigenvalue weighted by Gasteiger charge is 2.35. The summed E-state index contributed by atoms with van der Waals surface area (Å²) < 4.78 is 29.2. The Bertz CT molecular complexity index is 977. The number of unbranched alkanes of at least 4 members (excludes halogenated alkanes) is 1. The first-order valence-corrected chi connectivity index (χ1v) is 9.67. The number of carbonyl (C=O) groups excluding carboxylic acids is 3. The van der Waals surface area contributed by atoms with E-state index in [1.54, 1.807) is 19.1 Å². The summed E-state index contributed by atoms with van der Waals surface area (Å²) in [5.74, 6) is -1.20. The Morgan fingerprint density at radius 2 is 1.83 bits per heavy atom. The van der Waals surface area contributed by atoms with Gasteiger partial charge in [-0.3, -0.25) is 19.3 Å². The first-order valence-electron chi connectivity index (χ1n) is 9.67. The Hall–Kier alpha value is -3.29. The van der Waals surface area contributed by atoms with Gasteiger partial charge in [-0.2, -0.15) is 8.78 Å². The number of hydrogen-bond donors (Lipinski definition) is 1. The minimum absolute atomic E-state index is 0.00240. The molecule has 0 radical (unpaired) electrons. The predicted octanol–water partition coefficient (Wildman–Crippen LogP) is 4.18. The van der Waals surface area contributed by atoms with Crippen LogP contribution in [-0.4, -0.2) is 35.8 Å². The average Bonchev–Trinajstić information content (AvgIpc) is 2.95. The number of hydrogen-bond acceptors (Lipinski definition) is 4. The number of amides is 3. The fraction of sp³-hybridized carbons (Fsp3) is 0.318. The van der Waals surface area contributed by atoms with E-state index in [2.05, 4.69) is 10.1 Å². The number of fused-ring (bicyclic) bond motifs is 1. The molecule has 30 heavy (non-hydrogen) atoms. The first kappa shape index (κ1) is 21.4. The summed E-state index contributed by atoms with van der Waals surface area (Å²) in [5.41, 5.74) is 1.32. The summed E-state index contributed by atoms with van der Waals surface area (Å²) in [7, 11) is 0. The van der Waals surface area contributed by atoms with Gasteiger partial charge in [0, 0.05) is 12.1 Å². The van der Waals surface area contributed by atoms with Crippen molar-refractivity contribution in [3.63, 3.8) is 0 Å². The van der Waals surface area contributed by atoms with Crippen LogP contribution >= 0.6 is 0 Å². The highest BCUT2D eigenvalue weighted by molar-refractivity contribution is 6.22. The van der Waals surface area contributed by atoms with Crippen molar-refractivity contribution in [3.05, 3.63) is 64.7 Å². The lowest BCUT2D eigenvalue weighted by Crippen LogP contribution is -2.30. The lowest BCUT2D eigenvalue weighted by Gasteiger charge is -2.16. The Kier molecular flexibility index (Phi) is 6.44. The van der Waals surface area contributed by atoms with E-state index in [1.165, 1.54) is 35.2 Å². The van der Waals surface area contributed by atoms with Crippen LogP contribution in [0.4, 0.5) is 8.78 Å². The molecule has 1 aliphatic rings. The van der Waals surface area contributed by atoms with Crippen LogP contribution < -0.4 is 10.1 Å². The Morgan fingerprint density at radius 1 is 1.10 bits per heavy atom. The summed E-state index contributed by atoms with van der Waals surface area (Å²) in [6, 6.07) is 9.96. The second-order valence-electron chi connectivity index (χ2n) is 7.02. The number of ether oxygens (including phenoxy) is 1. The van der Waals surface area contributed by atoms with Crippen molar-refractivity contribution < 1.29 is 27.9 Å². The molecule has 0 saturated heterocycles. The smallest absolute Gasteiger partial charge is 0.387 e. The third kappa shape index (κ3) is 4.48. The van der Waals surface area contributed by atoms with Gasteiger partial charge in [-0.1, -0.05) is 25.5 Å². The molecule has 0 bridgehead atoms. The molecule has 2 aromatic carbocycles. The van der Waals surface area contributed by atoms with Gasteiger partial charge in [-0.25, -0.2) is 0 Å². The van der Waals surface area contributed by atoms with Gasteiger partial charge >= 0.3 is 6.61 Å². The van der Waals surface area contributed by atoms with E-state index in [1.807, 2.05) is 6.92 Å². The molecule has 1 atom stereocenters. The minimum Gasteiger partial charge on any atom is -0.435 e. The first-order chi connectivity index (χ1) is 14.3. The molecule has 8 heteroatoms. The number of nitrogens with one attached hydrogen (secondary N) is 1. The lowest BCUT2D eigenvalue weighted by molar-refractivity contribution is -0.0499. The Labute approximate surface area is 172 Å². The number of imide groups is 1. The van der Waals surface area contributed by atoms with Crippen LogP contribution in [0, 0.1) is 0 Å². The monoisotopic (exact) mass is 416 g/mol. The normalized spacial score (nSPS) is 14.1. The van der Waals surface area contributed by atoms with Crippen LogP contribution in [0.25, 0.3) is 0 Å². The van der Waals surface area contributed by atoms with Gasteiger partial charge < -0.3 is 10.1 Å². The van der Waals surface area contributed by atoms with E-state index in [-0.39, 0.29) is 28.3 Å². The maximum Gasteiger partial charge on any atom is 0.387 e. The molecule has 1 heterocycles. The standard InChI is InChI=1S/C22H22F2N2O4/c1-3-4-10-26-20(28)17-9-8-15(12-18(17)21(26)29)19(27)25-13(2)14-6-5-7-16(11-14)30-22(23)24/h5-9,11-13,22H,3-4,10H2,1-2H3,(H,25,27). The average molecular weight is 416 g/mol. The number of benzene rings is 2. The molecule has 0 spiro atoms. The van der Waals surface area contributed by atoms with Crippen molar-refractivity contribution in [2.45, 2.75) is 39.3 Å². The van der Waals surface area contributed by atoms with Crippen LogP contribution in [0.1, 0.15) is 69.4 Å². The van der Waals surface area contributed by atoms with Crippen LogP contribution in [0.5, 0.6) is 5.75 Å². The maximum atomic E-state index is 12.7. The quantitative estimate of drug-likeness (QED) is 0.656. The fourth-order valence-corrected chi connectivity index (χ4v) is 3.27. The highest BCUT2D eigenvalue weighted by atomic mass is 19.3. The van der Waals surface area contributed by atoms with E-state index >= 15 is 0 Å². The lowest BCUT2D eigenvalue weighted by atomic mass is 10.0. The van der Waals surface area contributed by atoms with Crippen molar-refractivity contribution in [1.82, 2.24) is 10.2 Å². The summed E-state index contributed by atoms with van der Waals surface area (Å²) in [6.07, 6.45) is 1.56. The third-order valence-corrected chi connectivity index (χ3v) is 4.90. The topological polar surface area (TPSA) is 75.7 Å². The maximum absolute atomic E-state index is 12.7. The van der Waals surface area contributed by atoms with E-state index in [0.717, 1.165) is 6.42 Å². The largest absolute Gasteiger partial charge is 0.435 e. The molecule has 3 amide bonds. The Balaban J connectivity index is 1.74. The molecule has 1 aliphatic heterocycles. The number of alkyl halides is 2. The molecule has 0 aliphatic carbocycles. The zero-order chi connectivity index (χ0) is 21.8. The van der Waals surface area contributed by atoms with Crippen LogP contribution in [0.15, 0.2) is 42.5 Å². The molecule has 158 valence electrons. The van der Waals surface area contributed by atoms with Crippen LogP contribution in [-0.2, 0) is 0 Å². The fourth-order valence-electron chi connectivity index (χ4n) is 3.27. The van der Waals surface area contributed by atoms with Crippen molar-refractivity contribution in [3.8, 4) is 5.75 Å². The predicted molar refractivity (Wildman–Crippen MR) is 106 cm³/mol. The third-order valence-electron chi connectivity index (χ3n) is 4.90. The van der Waals surface area contributed by atoms with Gasteiger partial charge in [0.15, 0.2) is 0 Å². The van der Waals surface area contributed by atoms with E-state index < -0.39 is 24.5 Å². The van der Waals surface area contributed by atoms with Crippen LogP contribution in [0.3, 0.4) is 0 Å². The van der Waals surface area contributed by atoms with Gasteiger partial charge in [0.1, 0.15) is 5.75 Å².